The molecular weight excluding hydrogens is 1050 g/mol. The predicted octanol–water partition coefficient (Wildman–Crippen LogP) is 23.3. The van der Waals surface area contributed by atoms with Gasteiger partial charge in [0.05, 0.1) is 11.0 Å². The molecule has 0 aliphatic rings. The lowest BCUT2D eigenvalue weighted by molar-refractivity contribution is 1.18. The molecule has 0 saturated carbocycles. The first-order valence-corrected chi connectivity index (χ1v) is 30.2. The smallest absolute Gasteiger partial charge is 0.0547 e. The molecule has 0 fully saturated rings. The van der Waals surface area contributed by atoms with E-state index < -0.39 is 0 Å². The molecule has 0 saturated heterocycles. The summed E-state index contributed by atoms with van der Waals surface area (Å²) in [5.74, 6) is 0. The van der Waals surface area contributed by atoms with E-state index in [-0.39, 0.29) is 0 Å². The standard InChI is InChI=1S/C76H47N3S3/c1-4-16-48(17-5-1)49-28-32-55(33-29-49)79-68-37-30-50(42-65(68)66-43-51-31-38-74-76(64(51)47-69(66)79)63-24-12-15-27-72(63)81-74)52-40-58(77(53-18-6-2-7-19-53)56-35-39-73-67(45-56)61-23-11-14-26-71(61)80-73)44-59(41-52)78(54-20-8-3-9-21-54)57-34-36-62-60-22-10-13-25-70(60)82-75(62)46-57/h1-47H. The van der Waals surface area contributed by atoms with Crippen LogP contribution in [0, 0.1) is 0 Å². The molecule has 13 aromatic carbocycles. The van der Waals surface area contributed by atoms with Gasteiger partial charge in [-0.05, 0) is 166 Å². The second kappa shape index (κ2) is 18.9. The molecule has 82 heavy (non-hydrogen) atoms. The fourth-order valence-electron chi connectivity index (χ4n) is 12.7. The first-order chi connectivity index (χ1) is 40.6. The number of anilines is 6. The minimum absolute atomic E-state index is 1.06. The van der Waals surface area contributed by atoms with Crippen LogP contribution >= 0.6 is 34.0 Å². The Morgan fingerprint density at radius 1 is 0.232 bits per heavy atom. The fourth-order valence-corrected chi connectivity index (χ4v) is 16.1. The molecule has 384 valence electrons. The molecule has 0 amide bonds. The van der Waals surface area contributed by atoms with E-state index >= 15 is 0 Å². The lowest BCUT2D eigenvalue weighted by Gasteiger charge is -2.30. The van der Waals surface area contributed by atoms with E-state index in [4.69, 9.17) is 0 Å². The summed E-state index contributed by atoms with van der Waals surface area (Å²) < 4.78 is 10.2. The van der Waals surface area contributed by atoms with Crippen LogP contribution in [0.25, 0.3) is 121 Å². The molecule has 17 rings (SSSR count). The van der Waals surface area contributed by atoms with Crippen molar-refractivity contribution in [3.63, 3.8) is 0 Å². The van der Waals surface area contributed by atoms with Crippen LogP contribution < -0.4 is 9.80 Å². The Bertz CT molecular complexity index is 5340. The van der Waals surface area contributed by atoms with Crippen LogP contribution in [0.15, 0.2) is 285 Å². The summed E-state index contributed by atoms with van der Waals surface area (Å²) in [6.45, 7) is 0. The SMILES string of the molecule is c1ccc(-c2ccc(-n3c4ccc(-c5cc(N(c6ccccc6)c6ccc7c(c6)sc6ccccc67)cc(N(c6ccccc6)c6ccc7sc8ccccc8c7c6)c5)cc4c4cc5ccc6sc7ccccc7c6c5cc43)cc2)cc1. The van der Waals surface area contributed by atoms with E-state index in [0.717, 1.165) is 56.5 Å². The van der Waals surface area contributed by atoms with Gasteiger partial charge in [0.25, 0.3) is 0 Å². The van der Waals surface area contributed by atoms with E-state index in [0.29, 0.717) is 0 Å². The molecule has 0 aliphatic carbocycles. The summed E-state index contributed by atoms with van der Waals surface area (Å²) in [6, 6.07) is 106. The number of hydrogen-bond acceptors (Lipinski definition) is 5. The van der Waals surface area contributed by atoms with Crippen LogP contribution in [0.2, 0.25) is 0 Å². The topological polar surface area (TPSA) is 11.4 Å². The summed E-state index contributed by atoms with van der Waals surface area (Å²) in [6.07, 6.45) is 0. The molecule has 0 unspecified atom stereocenters. The van der Waals surface area contributed by atoms with Crippen LogP contribution in [0.3, 0.4) is 0 Å². The van der Waals surface area contributed by atoms with Gasteiger partial charge < -0.3 is 14.4 Å². The van der Waals surface area contributed by atoms with Crippen LogP contribution in [0.5, 0.6) is 0 Å². The summed E-state index contributed by atoms with van der Waals surface area (Å²) >= 11 is 5.59. The number of hydrogen-bond donors (Lipinski definition) is 0. The third kappa shape index (κ3) is 7.68. The van der Waals surface area contributed by atoms with Crippen LogP contribution in [-0.4, -0.2) is 4.57 Å². The second-order valence-electron chi connectivity index (χ2n) is 21.2. The predicted molar refractivity (Wildman–Crippen MR) is 357 cm³/mol. The van der Waals surface area contributed by atoms with Crippen LogP contribution in [-0.2, 0) is 0 Å². The van der Waals surface area contributed by atoms with E-state index in [1.165, 1.54) is 98.7 Å². The lowest BCUT2D eigenvalue weighted by atomic mass is 9.98. The van der Waals surface area contributed by atoms with Crippen molar-refractivity contribution < 1.29 is 0 Å². The zero-order valence-electron chi connectivity index (χ0n) is 44.2. The Labute approximate surface area is 485 Å². The van der Waals surface area contributed by atoms with Gasteiger partial charge in [-0.3, -0.25) is 0 Å². The summed E-state index contributed by atoms with van der Waals surface area (Å²) in [7, 11) is 0. The number of nitrogens with zero attached hydrogens (tertiary/aromatic N) is 3. The number of rotatable bonds is 9. The molecular formula is C76H47N3S3. The average Bonchev–Trinajstić information content (AvgIpc) is 3.58. The third-order valence-electron chi connectivity index (χ3n) is 16.5. The van der Waals surface area contributed by atoms with Gasteiger partial charge >= 0.3 is 0 Å². The molecule has 4 heterocycles. The van der Waals surface area contributed by atoms with Crippen LogP contribution in [0.4, 0.5) is 34.1 Å². The first-order valence-electron chi connectivity index (χ1n) is 27.8. The Kier molecular flexibility index (Phi) is 10.8. The highest BCUT2D eigenvalue weighted by atomic mass is 32.1. The average molecular weight is 1100 g/mol. The second-order valence-corrected chi connectivity index (χ2v) is 24.5. The highest BCUT2D eigenvalue weighted by Crippen LogP contribution is 2.48. The quantitative estimate of drug-likeness (QED) is 0.143. The molecule has 0 N–H and O–H groups in total. The van der Waals surface area contributed by atoms with Gasteiger partial charge in [-0.15, -0.1) is 34.0 Å². The van der Waals surface area contributed by atoms with Crippen molar-refractivity contribution >= 4 is 161 Å². The van der Waals surface area contributed by atoms with Crippen LogP contribution in [0.1, 0.15) is 0 Å². The Morgan fingerprint density at radius 3 is 1.45 bits per heavy atom. The van der Waals surface area contributed by atoms with E-state index in [9.17, 15) is 0 Å². The van der Waals surface area contributed by atoms with E-state index in [1.807, 2.05) is 34.0 Å². The molecule has 0 radical (unpaired) electrons. The summed E-state index contributed by atoms with van der Waals surface area (Å²) in [5, 5.41) is 12.7. The van der Waals surface area contributed by atoms with Crippen molar-refractivity contribution in [2.75, 3.05) is 9.80 Å². The first kappa shape index (κ1) is 47.0. The van der Waals surface area contributed by atoms with Gasteiger partial charge in [0.2, 0.25) is 0 Å². The largest absolute Gasteiger partial charge is 0.310 e. The van der Waals surface area contributed by atoms with Gasteiger partial charge in [0.1, 0.15) is 0 Å². The molecule has 0 bridgehead atoms. The maximum absolute atomic E-state index is 2.49. The van der Waals surface area contributed by atoms with Gasteiger partial charge in [-0.25, -0.2) is 0 Å². The van der Waals surface area contributed by atoms with Crippen molar-refractivity contribution in [1.29, 1.82) is 0 Å². The molecule has 17 aromatic rings. The lowest BCUT2D eigenvalue weighted by Crippen LogP contribution is -2.13. The highest BCUT2D eigenvalue weighted by Gasteiger charge is 2.23. The Hall–Kier alpha value is -9.82. The number of benzene rings is 13. The molecule has 4 aromatic heterocycles. The highest BCUT2D eigenvalue weighted by molar-refractivity contribution is 7.26. The fraction of sp³-hybridized carbons (Fsp3) is 0. The van der Waals surface area contributed by atoms with Gasteiger partial charge in [-0.2, -0.15) is 0 Å². The Morgan fingerprint density at radius 2 is 0.744 bits per heavy atom. The van der Waals surface area contributed by atoms with Crippen molar-refractivity contribution in [3.05, 3.63) is 285 Å². The maximum atomic E-state index is 2.49. The number of para-hydroxylation sites is 2. The van der Waals surface area contributed by atoms with E-state index in [1.54, 1.807) is 0 Å². The summed E-state index contributed by atoms with van der Waals surface area (Å²) in [5.41, 5.74) is 14.6. The monoisotopic (exact) mass is 1100 g/mol. The zero-order valence-corrected chi connectivity index (χ0v) is 46.7. The molecule has 6 heteroatoms. The number of thiophene rings is 3. The summed E-state index contributed by atoms with van der Waals surface area (Å²) in [4.78, 5) is 4.89. The Balaban J connectivity index is 0.922. The minimum Gasteiger partial charge on any atom is -0.310 e. The van der Waals surface area contributed by atoms with Crippen molar-refractivity contribution in [2.24, 2.45) is 0 Å². The van der Waals surface area contributed by atoms with E-state index in [2.05, 4.69) is 299 Å². The number of aromatic nitrogens is 1. The molecule has 0 spiro atoms. The molecule has 3 nitrogen and oxygen atoms in total. The van der Waals surface area contributed by atoms with Crippen molar-refractivity contribution in [1.82, 2.24) is 4.57 Å². The third-order valence-corrected chi connectivity index (χ3v) is 19.9. The van der Waals surface area contributed by atoms with Crippen molar-refractivity contribution in [3.8, 4) is 27.9 Å². The molecule has 0 aliphatic heterocycles. The normalized spacial score (nSPS) is 11.9. The molecule has 0 atom stereocenters. The van der Waals surface area contributed by atoms with Gasteiger partial charge in [-0.1, -0.05) is 152 Å². The number of fused-ring (bicyclic) bond motifs is 14. The minimum atomic E-state index is 1.06. The van der Waals surface area contributed by atoms with Gasteiger partial charge in [0.15, 0.2) is 0 Å². The van der Waals surface area contributed by atoms with Crippen molar-refractivity contribution in [2.45, 2.75) is 0 Å². The van der Waals surface area contributed by atoms with Gasteiger partial charge in [0, 0.05) is 111 Å². The maximum Gasteiger partial charge on any atom is 0.0547 e. The zero-order chi connectivity index (χ0) is 53.8.